The topological polar surface area (TPSA) is 89.7 Å². The molecule has 8 heteroatoms. The second-order valence-corrected chi connectivity index (χ2v) is 6.54. The van der Waals surface area contributed by atoms with Crippen molar-refractivity contribution >= 4 is 15.9 Å². The predicted octanol–water partition coefficient (Wildman–Crippen LogP) is 0.645. The van der Waals surface area contributed by atoms with Gasteiger partial charge in [-0.1, -0.05) is 0 Å². The normalized spacial score (nSPS) is 13.4. The molecule has 0 saturated carbocycles. The number of primary amides is 1. The number of methoxy groups -OCH3 is 1. The number of sulfonamides is 1. The highest BCUT2D eigenvalue weighted by Gasteiger charge is 2.32. The maximum atomic E-state index is 13.4. The van der Waals surface area contributed by atoms with Crippen molar-refractivity contribution in [1.29, 1.82) is 0 Å². The summed E-state index contributed by atoms with van der Waals surface area (Å²) >= 11 is 0. The quantitative estimate of drug-likeness (QED) is 0.799. The Morgan fingerprint density at radius 1 is 1.43 bits per heavy atom. The molecule has 1 unspecified atom stereocenters. The zero-order valence-electron chi connectivity index (χ0n) is 12.2. The predicted molar refractivity (Wildman–Crippen MR) is 75.6 cm³/mol. The molecule has 0 radical (unpaired) electrons. The van der Waals surface area contributed by atoms with Crippen molar-refractivity contribution in [3.8, 4) is 0 Å². The lowest BCUT2D eigenvalue weighted by atomic mass is 10.2. The molecule has 21 heavy (non-hydrogen) atoms. The highest BCUT2D eigenvalue weighted by atomic mass is 32.2. The first-order valence-electron chi connectivity index (χ1n) is 6.27. The van der Waals surface area contributed by atoms with E-state index in [-0.39, 0.29) is 18.0 Å². The van der Waals surface area contributed by atoms with Crippen LogP contribution in [-0.4, -0.2) is 44.9 Å². The lowest BCUT2D eigenvalue weighted by Crippen LogP contribution is -2.47. The van der Waals surface area contributed by atoms with Crippen molar-refractivity contribution in [2.24, 2.45) is 5.73 Å². The number of halogens is 1. The third kappa shape index (κ3) is 4.23. The number of rotatable bonds is 7. The average Bonchev–Trinajstić information content (AvgIpc) is 2.37. The van der Waals surface area contributed by atoms with Gasteiger partial charge in [0.15, 0.2) is 0 Å². The summed E-state index contributed by atoms with van der Waals surface area (Å²) in [4.78, 5) is 11.1. The van der Waals surface area contributed by atoms with Crippen LogP contribution >= 0.6 is 0 Å². The van der Waals surface area contributed by atoms with Gasteiger partial charge in [0.25, 0.3) is 0 Å². The first-order chi connectivity index (χ1) is 9.70. The van der Waals surface area contributed by atoms with Crippen molar-refractivity contribution in [2.75, 3.05) is 20.3 Å². The van der Waals surface area contributed by atoms with E-state index < -0.39 is 27.8 Å². The molecule has 1 aromatic carbocycles. The molecule has 0 aromatic heterocycles. The van der Waals surface area contributed by atoms with Gasteiger partial charge in [-0.15, -0.1) is 0 Å². The van der Waals surface area contributed by atoms with Gasteiger partial charge < -0.3 is 10.5 Å². The van der Waals surface area contributed by atoms with E-state index in [9.17, 15) is 17.6 Å². The van der Waals surface area contributed by atoms with E-state index in [4.69, 9.17) is 10.5 Å². The highest BCUT2D eigenvalue weighted by molar-refractivity contribution is 7.89. The lowest BCUT2D eigenvalue weighted by molar-refractivity contribution is -0.121. The van der Waals surface area contributed by atoms with E-state index >= 15 is 0 Å². The number of hydrogen-bond acceptors (Lipinski definition) is 4. The molecule has 0 fully saturated rings. The Balaban J connectivity index is 3.28. The Kier molecular flexibility index (Phi) is 5.82. The summed E-state index contributed by atoms with van der Waals surface area (Å²) in [5.41, 5.74) is 5.65. The maximum Gasteiger partial charge on any atom is 0.243 e. The van der Waals surface area contributed by atoms with E-state index in [1.54, 1.807) is 6.92 Å². The minimum atomic E-state index is -4.05. The number of benzene rings is 1. The van der Waals surface area contributed by atoms with Crippen LogP contribution in [0.5, 0.6) is 0 Å². The van der Waals surface area contributed by atoms with E-state index in [1.807, 2.05) is 0 Å². The molecule has 0 heterocycles. The van der Waals surface area contributed by atoms with Crippen LogP contribution in [0.1, 0.15) is 12.5 Å². The second kappa shape index (κ2) is 6.97. The van der Waals surface area contributed by atoms with Gasteiger partial charge in [-0.2, -0.15) is 4.31 Å². The fourth-order valence-electron chi connectivity index (χ4n) is 1.83. The molecule has 1 amide bonds. The molecule has 0 aliphatic rings. The monoisotopic (exact) mass is 318 g/mol. The Hall–Kier alpha value is -1.51. The van der Waals surface area contributed by atoms with Crippen LogP contribution in [0, 0.1) is 12.7 Å². The van der Waals surface area contributed by atoms with Gasteiger partial charge in [-0.25, -0.2) is 12.8 Å². The molecule has 0 bridgehead atoms. The number of hydrogen-bond donors (Lipinski definition) is 1. The molecular weight excluding hydrogens is 299 g/mol. The Morgan fingerprint density at radius 3 is 2.52 bits per heavy atom. The van der Waals surface area contributed by atoms with Gasteiger partial charge in [0.2, 0.25) is 15.9 Å². The maximum absolute atomic E-state index is 13.4. The molecule has 0 spiro atoms. The molecule has 2 N–H and O–H groups in total. The average molecular weight is 318 g/mol. The van der Waals surface area contributed by atoms with Crippen LogP contribution < -0.4 is 5.73 Å². The molecule has 1 rings (SSSR count). The molecule has 0 saturated heterocycles. The number of carbonyl (C=O) groups excluding carboxylic acids is 1. The van der Waals surface area contributed by atoms with Gasteiger partial charge in [0.1, 0.15) is 11.9 Å². The number of carbonyl (C=O) groups is 1. The number of amides is 1. The number of nitrogens with two attached hydrogens (primary N) is 1. The standard InChI is InChI=1S/C13H19FN2O4S/c1-9-6-11(14)8-12(7-9)21(18,19)16(4-5-20-3)10(2)13(15)17/h6-8,10H,4-5H2,1-3H3,(H2,15,17). The van der Waals surface area contributed by atoms with Crippen molar-refractivity contribution in [1.82, 2.24) is 4.31 Å². The Morgan fingerprint density at radius 2 is 2.05 bits per heavy atom. The number of nitrogens with zero attached hydrogens (tertiary/aromatic N) is 1. The van der Waals surface area contributed by atoms with Crippen LogP contribution in [-0.2, 0) is 19.6 Å². The Labute approximate surface area is 123 Å². The van der Waals surface area contributed by atoms with Gasteiger partial charge in [-0.3, -0.25) is 4.79 Å². The third-order valence-electron chi connectivity index (χ3n) is 2.98. The van der Waals surface area contributed by atoms with Crippen LogP contribution in [0.15, 0.2) is 23.1 Å². The minimum Gasteiger partial charge on any atom is -0.383 e. The van der Waals surface area contributed by atoms with E-state index in [1.165, 1.54) is 26.2 Å². The summed E-state index contributed by atoms with van der Waals surface area (Å²) in [5.74, 6) is -1.45. The van der Waals surface area contributed by atoms with Crippen LogP contribution in [0.25, 0.3) is 0 Å². The van der Waals surface area contributed by atoms with E-state index in [0.717, 1.165) is 10.4 Å². The SMILES string of the molecule is COCCN(C(C)C(N)=O)S(=O)(=O)c1cc(C)cc(F)c1. The summed E-state index contributed by atoms with van der Waals surface area (Å²) in [6, 6.07) is 2.41. The molecule has 0 aliphatic heterocycles. The van der Waals surface area contributed by atoms with E-state index in [0.29, 0.717) is 5.56 Å². The Bertz CT molecular complexity index is 598. The second-order valence-electron chi connectivity index (χ2n) is 4.65. The molecule has 1 atom stereocenters. The van der Waals surface area contributed by atoms with Crippen molar-refractivity contribution in [3.63, 3.8) is 0 Å². The molecule has 6 nitrogen and oxygen atoms in total. The van der Waals surface area contributed by atoms with Gasteiger partial charge in [0, 0.05) is 13.7 Å². The number of ether oxygens (including phenoxy) is 1. The molecule has 1 aromatic rings. The fourth-order valence-corrected chi connectivity index (χ4v) is 3.53. The minimum absolute atomic E-state index is 0.0570. The van der Waals surface area contributed by atoms with Crippen molar-refractivity contribution in [2.45, 2.75) is 24.8 Å². The first kappa shape index (κ1) is 17.5. The van der Waals surface area contributed by atoms with Crippen LogP contribution in [0.3, 0.4) is 0 Å². The summed E-state index contributed by atoms with van der Waals surface area (Å²) < 4.78 is 44.4. The van der Waals surface area contributed by atoms with Crippen molar-refractivity contribution < 1.29 is 22.3 Å². The van der Waals surface area contributed by atoms with Gasteiger partial charge in [0.05, 0.1) is 11.5 Å². The molecular formula is C13H19FN2O4S. The third-order valence-corrected chi connectivity index (χ3v) is 4.93. The van der Waals surface area contributed by atoms with Gasteiger partial charge >= 0.3 is 0 Å². The van der Waals surface area contributed by atoms with Crippen LogP contribution in [0.4, 0.5) is 4.39 Å². The molecule has 0 aliphatic carbocycles. The summed E-state index contributed by atoms with van der Waals surface area (Å²) in [5, 5.41) is 0. The summed E-state index contributed by atoms with van der Waals surface area (Å²) in [7, 11) is -2.64. The van der Waals surface area contributed by atoms with Crippen molar-refractivity contribution in [3.05, 3.63) is 29.6 Å². The molecule has 118 valence electrons. The smallest absolute Gasteiger partial charge is 0.243 e. The highest BCUT2D eigenvalue weighted by Crippen LogP contribution is 2.20. The summed E-state index contributed by atoms with van der Waals surface area (Å²) in [6.45, 7) is 2.99. The first-order valence-corrected chi connectivity index (χ1v) is 7.71. The summed E-state index contributed by atoms with van der Waals surface area (Å²) in [6.07, 6.45) is 0. The van der Waals surface area contributed by atoms with Gasteiger partial charge in [-0.05, 0) is 37.6 Å². The zero-order valence-corrected chi connectivity index (χ0v) is 13.0. The van der Waals surface area contributed by atoms with Crippen LogP contribution in [0.2, 0.25) is 0 Å². The number of aryl methyl sites for hydroxylation is 1. The zero-order chi connectivity index (χ0) is 16.2. The van der Waals surface area contributed by atoms with E-state index in [2.05, 4.69) is 0 Å². The largest absolute Gasteiger partial charge is 0.383 e. The fraction of sp³-hybridized carbons (Fsp3) is 0.462. The lowest BCUT2D eigenvalue weighted by Gasteiger charge is -2.26.